The van der Waals surface area contributed by atoms with Crippen molar-refractivity contribution in [2.45, 2.75) is 25.4 Å². The van der Waals surface area contributed by atoms with Crippen molar-refractivity contribution in [1.82, 2.24) is 39.5 Å². The summed E-state index contributed by atoms with van der Waals surface area (Å²) in [6.45, 7) is -1.57. The normalized spacial score (nSPS) is 12.5. The number of halogens is 5. The smallest absolute Gasteiger partial charge is 0.382 e. The Morgan fingerprint density at radius 2 is 1.86 bits per heavy atom. The number of aromatic nitrogens is 7. The van der Waals surface area contributed by atoms with Crippen LogP contribution in [0, 0.1) is 0 Å². The second-order valence-corrected chi connectivity index (χ2v) is 8.35. The van der Waals surface area contributed by atoms with Crippen LogP contribution in [0.1, 0.15) is 16.4 Å². The molecule has 1 aromatic carbocycles. The highest BCUT2D eigenvalue weighted by Gasteiger charge is 2.39. The van der Waals surface area contributed by atoms with Crippen molar-refractivity contribution in [3.63, 3.8) is 0 Å². The second kappa shape index (κ2) is 10.3. The number of rotatable bonds is 7. The van der Waals surface area contributed by atoms with Crippen molar-refractivity contribution >= 4 is 29.1 Å². The average molecular weight is 558 g/mol. The van der Waals surface area contributed by atoms with Gasteiger partial charge in [0.2, 0.25) is 5.82 Å². The molecular formula is C20H16Cl2F3N9O3. The van der Waals surface area contributed by atoms with Crippen LogP contribution >= 0.6 is 23.2 Å². The fourth-order valence-corrected chi connectivity index (χ4v) is 3.57. The van der Waals surface area contributed by atoms with Crippen molar-refractivity contribution < 1.29 is 23.1 Å². The topological polar surface area (TPSA) is 159 Å². The van der Waals surface area contributed by atoms with Gasteiger partial charge in [-0.05, 0) is 30.3 Å². The van der Waals surface area contributed by atoms with E-state index < -0.39 is 37.0 Å². The van der Waals surface area contributed by atoms with Crippen molar-refractivity contribution in [3.8, 4) is 17.1 Å². The van der Waals surface area contributed by atoms with Gasteiger partial charge in [-0.3, -0.25) is 19.8 Å². The van der Waals surface area contributed by atoms with E-state index >= 15 is 0 Å². The van der Waals surface area contributed by atoms with Crippen molar-refractivity contribution in [3.05, 3.63) is 74.9 Å². The molecule has 4 rings (SSSR count). The van der Waals surface area contributed by atoms with E-state index in [-0.39, 0.29) is 33.7 Å². The molecule has 0 bridgehead atoms. The first kappa shape index (κ1) is 26.3. The summed E-state index contributed by atoms with van der Waals surface area (Å²) in [5, 5.41) is 18.4. The number of alkyl halides is 3. The summed E-state index contributed by atoms with van der Waals surface area (Å²) in [5.74, 6) is 3.80. The maximum Gasteiger partial charge on any atom is 0.416 e. The Morgan fingerprint density at radius 1 is 1.16 bits per heavy atom. The van der Waals surface area contributed by atoms with E-state index in [1.54, 1.807) is 0 Å². The summed E-state index contributed by atoms with van der Waals surface area (Å²) >= 11 is 12.1. The summed E-state index contributed by atoms with van der Waals surface area (Å²) < 4.78 is 41.7. The van der Waals surface area contributed by atoms with Crippen LogP contribution in [0.4, 0.5) is 13.2 Å². The number of benzene rings is 1. The lowest BCUT2D eigenvalue weighted by molar-refractivity contribution is -0.207. The number of nitrogens with zero attached hydrogens (tertiary/aromatic N) is 7. The van der Waals surface area contributed by atoms with Gasteiger partial charge in [-0.25, -0.2) is 25.0 Å². The Morgan fingerprint density at radius 3 is 2.49 bits per heavy atom. The third-order valence-corrected chi connectivity index (χ3v) is 5.58. The molecule has 0 saturated heterocycles. The number of aliphatic hydroxyl groups is 1. The zero-order chi connectivity index (χ0) is 26.9. The summed E-state index contributed by atoms with van der Waals surface area (Å²) in [7, 11) is 0. The van der Waals surface area contributed by atoms with E-state index in [1.165, 1.54) is 42.7 Å². The highest BCUT2D eigenvalue weighted by molar-refractivity contribution is 6.32. The third-order valence-electron chi connectivity index (χ3n) is 5.01. The molecule has 0 radical (unpaired) electrons. The Labute approximate surface area is 215 Å². The van der Waals surface area contributed by atoms with E-state index in [4.69, 9.17) is 29.0 Å². The van der Waals surface area contributed by atoms with Gasteiger partial charge >= 0.3 is 17.8 Å². The monoisotopic (exact) mass is 557 g/mol. The van der Waals surface area contributed by atoms with E-state index in [9.17, 15) is 27.9 Å². The molecule has 4 N–H and O–H groups in total. The molecule has 4 aromatic rings. The van der Waals surface area contributed by atoms with Crippen molar-refractivity contribution in [2.75, 3.05) is 0 Å². The molecule has 12 nitrogen and oxygen atoms in total. The average Bonchev–Trinajstić information content (AvgIpc) is 3.40. The van der Waals surface area contributed by atoms with E-state index in [0.717, 1.165) is 9.36 Å². The molecule has 17 heteroatoms. The number of nitrogens with two attached hydrogens (primary N) is 1. The van der Waals surface area contributed by atoms with Crippen molar-refractivity contribution in [2.24, 2.45) is 5.84 Å². The van der Waals surface area contributed by atoms with Crippen LogP contribution in [0.15, 0.2) is 47.5 Å². The van der Waals surface area contributed by atoms with Gasteiger partial charge in [-0.1, -0.05) is 23.2 Å². The van der Waals surface area contributed by atoms with Gasteiger partial charge in [0, 0.05) is 16.8 Å². The van der Waals surface area contributed by atoms with Crippen LogP contribution in [0.2, 0.25) is 10.0 Å². The van der Waals surface area contributed by atoms with Crippen LogP contribution in [0.3, 0.4) is 0 Å². The number of aliphatic hydroxyl groups excluding tert-OH is 1. The molecule has 0 saturated carbocycles. The Bertz CT molecular complexity index is 1500. The van der Waals surface area contributed by atoms with Crippen LogP contribution < -0.4 is 17.0 Å². The molecule has 194 valence electrons. The number of amides is 1. The number of nitrogens with one attached hydrogen (secondary N) is 1. The quantitative estimate of drug-likeness (QED) is 0.175. The standard InChI is InChI=1S/C20H16Cl2F3N9O3/c21-11-3-1-10(2-4-11)16-31-33(19(37)32(16)8-14(35)20(23,24)25)9-15-28-17(18(36)29-26)34(30-15)13-7-27-6-5-12(13)22/h1-7,14,35H,8-9,26H2,(H,29,36). The van der Waals surface area contributed by atoms with Crippen LogP contribution in [0.5, 0.6) is 0 Å². The molecule has 3 heterocycles. The lowest BCUT2D eigenvalue weighted by Gasteiger charge is -2.15. The minimum absolute atomic E-state index is 0.121. The number of pyridine rings is 1. The fraction of sp³-hybridized carbons (Fsp3) is 0.200. The molecule has 1 amide bonds. The number of hydrazine groups is 1. The summed E-state index contributed by atoms with van der Waals surface area (Å²) in [6, 6.07) is 7.27. The summed E-state index contributed by atoms with van der Waals surface area (Å²) in [4.78, 5) is 33.4. The Balaban J connectivity index is 1.79. The SMILES string of the molecule is NNC(=O)c1nc(Cn2nc(-c3ccc(Cl)cc3)n(CC(O)C(F)(F)F)c2=O)nn1-c1cnccc1Cl. The first-order chi connectivity index (χ1) is 17.5. The second-order valence-electron chi connectivity index (χ2n) is 7.50. The minimum Gasteiger partial charge on any atom is -0.382 e. The van der Waals surface area contributed by atoms with Gasteiger partial charge in [0.25, 0.3) is 0 Å². The highest BCUT2D eigenvalue weighted by Crippen LogP contribution is 2.24. The van der Waals surface area contributed by atoms with Gasteiger partial charge in [0.1, 0.15) is 12.2 Å². The van der Waals surface area contributed by atoms with Crippen LogP contribution in [-0.4, -0.2) is 57.4 Å². The van der Waals surface area contributed by atoms with Gasteiger partial charge in [0.05, 0.1) is 17.8 Å². The molecule has 1 atom stereocenters. The van der Waals surface area contributed by atoms with E-state index in [1.807, 2.05) is 5.43 Å². The first-order valence-electron chi connectivity index (χ1n) is 10.2. The predicted octanol–water partition coefficient (Wildman–Crippen LogP) is 1.57. The van der Waals surface area contributed by atoms with E-state index in [0.29, 0.717) is 9.59 Å². The predicted molar refractivity (Wildman–Crippen MR) is 124 cm³/mol. The minimum atomic E-state index is -4.98. The molecule has 3 aromatic heterocycles. The third kappa shape index (κ3) is 5.48. The molecule has 37 heavy (non-hydrogen) atoms. The fourth-order valence-electron chi connectivity index (χ4n) is 3.26. The van der Waals surface area contributed by atoms with Gasteiger partial charge in [-0.2, -0.15) is 13.2 Å². The Hall–Kier alpha value is -3.79. The number of hydrogen-bond donors (Lipinski definition) is 3. The molecular weight excluding hydrogens is 542 g/mol. The lowest BCUT2D eigenvalue weighted by Crippen LogP contribution is -2.37. The first-order valence-corrected chi connectivity index (χ1v) is 11.0. The van der Waals surface area contributed by atoms with Crippen LogP contribution in [-0.2, 0) is 13.1 Å². The van der Waals surface area contributed by atoms with Gasteiger partial charge in [0.15, 0.2) is 17.8 Å². The number of hydrogen-bond acceptors (Lipinski definition) is 8. The Kier molecular flexibility index (Phi) is 7.31. The van der Waals surface area contributed by atoms with Crippen molar-refractivity contribution in [1.29, 1.82) is 0 Å². The number of carbonyl (C=O) groups is 1. The van der Waals surface area contributed by atoms with E-state index in [2.05, 4.69) is 20.2 Å². The zero-order valence-corrected chi connectivity index (χ0v) is 19.9. The number of nitrogen functional groups attached to an aromatic ring is 1. The summed E-state index contributed by atoms with van der Waals surface area (Å²) in [5.41, 5.74) is 1.36. The maximum atomic E-state index is 13.1. The largest absolute Gasteiger partial charge is 0.416 e. The maximum absolute atomic E-state index is 13.1. The van der Waals surface area contributed by atoms with Crippen LogP contribution in [0.25, 0.3) is 17.1 Å². The molecule has 1 unspecified atom stereocenters. The molecule has 0 aliphatic heterocycles. The van der Waals surface area contributed by atoms with Gasteiger partial charge in [-0.15, -0.1) is 10.2 Å². The molecule has 0 aliphatic carbocycles. The molecule has 0 aliphatic rings. The zero-order valence-electron chi connectivity index (χ0n) is 18.4. The van der Waals surface area contributed by atoms with Gasteiger partial charge < -0.3 is 5.11 Å². The summed E-state index contributed by atoms with van der Waals surface area (Å²) in [6.07, 6.45) is -5.09. The number of carbonyl (C=O) groups excluding carboxylic acids is 1. The highest BCUT2D eigenvalue weighted by atomic mass is 35.5. The lowest BCUT2D eigenvalue weighted by atomic mass is 10.2. The molecule has 0 spiro atoms. The molecule has 0 fully saturated rings.